The highest BCUT2D eigenvalue weighted by Gasteiger charge is 2.83. The Balaban J connectivity index is 1.24. The molecule has 0 saturated heterocycles. The lowest BCUT2D eigenvalue weighted by atomic mass is 9.30. The first-order chi connectivity index (χ1) is 13.6. The maximum atomic E-state index is 11.6. The fourth-order valence-corrected chi connectivity index (χ4v) is 7.87. The van der Waals surface area contributed by atoms with E-state index in [0.29, 0.717) is 21.8 Å². The molecule has 1 aromatic carbocycles. The van der Waals surface area contributed by atoms with Crippen molar-refractivity contribution < 1.29 is 9.53 Å². The maximum absolute atomic E-state index is 11.6. The number of methoxy groups -OCH3 is 1. The molecule has 4 saturated carbocycles. The molecule has 4 aliphatic rings. The van der Waals surface area contributed by atoms with E-state index in [2.05, 4.69) is 40.6 Å². The number of rotatable bonds is 5. The molecule has 1 spiro atoms. The van der Waals surface area contributed by atoms with Crippen molar-refractivity contribution >= 4 is 11.8 Å². The maximum Gasteiger partial charge on any atom is 0.339 e. The zero-order chi connectivity index (χ0) is 19.0. The monoisotopic (exact) mass is 374 g/mol. The highest BCUT2D eigenvalue weighted by Crippen LogP contribution is 2.89. The van der Waals surface area contributed by atoms with E-state index in [1.165, 1.54) is 39.2 Å². The number of hydrogen-bond donors (Lipinski definition) is 1. The van der Waals surface area contributed by atoms with E-state index in [1.807, 2.05) is 6.07 Å². The number of ether oxygens (including phenoxy) is 1. The van der Waals surface area contributed by atoms with Crippen molar-refractivity contribution in [3.8, 4) is 0 Å². The van der Waals surface area contributed by atoms with Gasteiger partial charge in [0.15, 0.2) is 0 Å². The topological polar surface area (TPSA) is 51.2 Å². The highest BCUT2D eigenvalue weighted by molar-refractivity contribution is 5.89. The van der Waals surface area contributed by atoms with Gasteiger partial charge in [0.2, 0.25) is 0 Å². The number of fused-ring (bicyclic) bond motifs is 1. The summed E-state index contributed by atoms with van der Waals surface area (Å²) in [7, 11) is 1.39. The van der Waals surface area contributed by atoms with E-state index in [-0.39, 0.29) is 5.97 Å². The number of hydrogen-bond acceptors (Lipinski definition) is 4. The second-order valence-electron chi connectivity index (χ2n) is 9.66. The van der Waals surface area contributed by atoms with Gasteiger partial charge in [0.05, 0.1) is 12.7 Å². The lowest BCUT2D eigenvalue weighted by Gasteiger charge is -2.73. The first-order valence-corrected chi connectivity index (χ1v) is 10.4. The highest BCUT2D eigenvalue weighted by atomic mass is 16.5. The average Bonchev–Trinajstić information content (AvgIpc) is 3.18. The van der Waals surface area contributed by atoms with Crippen LogP contribution in [0.3, 0.4) is 0 Å². The van der Waals surface area contributed by atoms with Crippen molar-refractivity contribution in [3.63, 3.8) is 0 Å². The molecule has 5 atom stereocenters. The molecule has 0 aliphatic heterocycles. The van der Waals surface area contributed by atoms with E-state index in [0.717, 1.165) is 24.2 Å². The third kappa shape index (κ3) is 1.86. The number of nitrogens with zero attached hydrogens (tertiary/aromatic N) is 1. The summed E-state index contributed by atoms with van der Waals surface area (Å²) in [5.41, 5.74) is 3.46. The van der Waals surface area contributed by atoms with Crippen LogP contribution in [0.5, 0.6) is 0 Å². The standard InChI is InChI=1S/C24H26N2O2/c1-28-21(27)16-7-8-20(25-12-16)26-15-22-10-18-9-19-11-23(13-22,24(18,19)14-22)17-5-3-2-4-6-17/h2-8,12,18-19H,9-11,13-15H2,1H3,(H,25,26). The molecule has 2 aromatic rings. The van der Waals surface area contributed by atoms with Crippen molar-refractivity contribution in [2.45, 2.75) is 37.5 Å². The van der Waals surface area contributed by atoms with Crippen LogP contribution in [0.25, 0.3) is 0 Å². The van der Waals surface area contributed by atoms with Gasteiger partial charge in [0.25, 0.3) is 0 Å². The van der Waals surface area contributed by atoms with E-state index in [9.17, 15) is 4.79 Å². The van der Waals surface area contributed by atoms with Gasteiger partial charge in [0.1, 0.15) is 5.82 Å². The van der Waals surface area contributed by atoms with E-state index in [1.54, 1.807) is 17.8 Å². The molecule has 4 aliphatic carbocycles. The van der Waals surface area contributed by atoms with Crippen LogP contribution < -0.4 is 5.32 Å². The van der Waals surface area contributed by atoms with Crippen molar-refractivity contribution in [3.05, 3.63) is 59.8 Å². The molecule has 4 fully saturated rings. The number of carbonyl (C=O) groups excluding carboxylic acids is 1. The minimum absolute atomic E-state index is 0.340. The molecular formula is C24H26N2O2. The quantitative estimate of drug-likeness (QED) is 0.787. The number of aromatic nitrogens is 1. The summed E-state index contributed by atoms with van der Waals surface area (Å²) < 4.78 is 4.76. The summed E-state index contributed by atoms with van der Waals surface area (Å²) in [4.78, 5) is 16.0. The fraction of sp³-hybridized carbons (Fsp3) is 0.500. The van der Waals surface area contributed by atoms with Crippen LogP contribution in [-0.2, 0) is 10.2 Å². The van der Waals surface area contributed by atoms with Gasteiger partial charge in [-0.15, -0.1) is 0 Å². The molecule has 2 bridgehead atoms. The Labute approximate surface area is 165 Å². The van der Waals surface area contributed by atoms with Crippen LogP contribution in [0.2, 0.25) is 0 Å². The van der Waals surface area contributed by atoms with Gasteiger partial charge in [-0.1, -0.05) is 30.3 Å². The third-order valence-corrected chi connectivity index (χ3v) is 8.69. The number of pyridine rings is 1. The lowest BCUT2D eigenvalue weighted by Crippen LogP contribution is -2.69. The van der Waals surface area contributed by atoms with Gasteiger partial charge in [-0.25, -0.2) is 9.78 Å². The Morgan fingerprint density at radius 1 is 1.14 bits per heavy atom. The summed E-state index contributed by atoms with van der Waals surface area (Å²) >= 11 is 0. The van der Waals surface area contributed by atoms with Gasteiger partial charge in [0, 0.05) is 18.2 Å². The molecule has 4 nitrogen and oxygen atoms in total. The van der Waals surface area contributed by atoms with Crippen molar-refractivity contribution in [2.75, 3.05) is 19.0 Å². The Morgan fingerprint density at radius 2 is 1.96 bits per heavy atom. The van der Waals surface area contributed by atoms with Crippen molar-refractivity contribution in [1.82, 2.24) is 4.98 Å². The Kier molecular flexibility index (Phi) is 3.18. The molecule has 0 amide bonds. The van der Waals surface area contributed by atoms with Crippen LogP contribution in [0, 0.1) is 22.7 Å². The molecular weight excluding hydrogens is 348 g/mol. The van der Waals surface area contributed by atoms with Gasteiger partial charge < -0.3 is 10.1 Å². The van der Waals surface area contributed by atoms with Gasteiger partial charge in [-0.05, 0) is 72.5 Å². The van der Waals surface area contributed by atoms with Gasteiger partial charge in [-0.2, -0.15) is 0 Å². The minimum atomic E-state index is -0.340. The molecule has 5 unspecified atom stereocenters. The first kappa shape index (κ1) is 16.6. The van der Waals surface area contributed by atoms with E-state index < -0.39 is 0 Å². The van der Waals surface area contributed by atoms with E-state index >= 15 is 0 Å². The number of benzene rings is 1. The molecule has 1 N–H and O–H groups in total. The zero-order valence-electron chi connectivity index (χ0n) is 16.3. The number of carbonyl (C=O) groups is 1. The third-order valence-electron chi connectivity index (χ3n) is 8.69. The summed E-state index contributed by atoms with van der Waals surface area (Å²) in [5, 5.41) is 3.60. The zero-order valence-corrected chi connectivity index (χ0v) is 16.3. The first-order valence-electron chi connectivity index (χ1n) is 10.4. The summed E-state index contributed by atoms with van der Waals surface area (Å²) in [6, 6.07) is 15.0. The molecule has 1 aromatic heterocycles. The van der Waals surface area contributed by atoms with Crippen LogP contribution in [0.4, 0.5) is 5.82 Å². The van der Waals surface area contributed by atoms with Crippen molar-refractivity contribution in [2.24, 2.45) is 22.7 Å². The second-order valence-corrected chi connectivity index (χ2v) is 9.66. The SMILES string of the molecule is COC(=O)c1ccc(NCC23CC4CC5CC(c6ccccc6)(C2)C45C3)nc1. The Bertz CT molecular complexity index is 943. The lowest BCUT2D eigenvalue weighted by molar-refractivity contribution is -0.200. The summed E-state index contributed by atoms with van der Waals surface area (Å²) in [6.45, 7) is 0.983. The largest absolute Gasteiger partial charge is 0.465 e. The van der Waals surface area contributed by atoms with Crippen LogP contribution >= 0.6 is 0 Å². The van der Waals surface area contributed by atoms with E-state index in [4.69, 9.17) is 4.74 Å². The predicted octanol–water partition coefficient (Wildman–Crippen LogP) is 4.43. The minimum Gasteiger partial charge on any atom is -0.465 e. The van der Waals surface area contributed by atoms with Gasteiger partial charge in [-0.3, -0.25) is 0 Å². The van der Waals surface area contributed by atoms with Crippen molar-refractivity contribution in [1.29, 1.82) is 0 Å². The van der Waals surface area contributed by atoms with Crippen LogP contribution in [0.15, 0.2) is 48.7 Å². The average molecular weight is 374 g/mol. The normalized spacial score (nSPS) is 38.9. The Morgan fingerprint density at radius 3 is 2.68 bits per heavy atom. The molecule has 6 rings (SSSR count). The predicted molar refractivity (Wildman–Crippen MR) is 107 cm³/mol. The van der Waals surface area contributed by atoms with Crippen LogP contribution in [-0.4, -0.2) is 24.6 Å². The van der Waals surface area contributed by atoms with Gasteiger partial charge >= 0.3 is 5.97 Å². The Hall–Kier alpha value is -2.36. The molecule has 144 valence electrons. The second kappa shape index (κ2) is 5.37. The molecule has 4 heteroatoms. The van der Waals surface area contributed by atoms with Crippen LogP contribution in [0.1, 0.15) is 48.0 Å². The molecule has 0 radical (unpaired) electrons. The number of nitrogens with one attached hydrogen (secondary N) is 1. The summed E-state index contributed by atoms with van der Waals surface area (Å²) in [6.07, 6.45) is 8.49. The molecule has 1 heterocycles. The molecule has 28 heavy (non-hydrogen) atoms. The fourth-order valence-electron chi connectivity index (χ4n) is 7.87. The number of esters is 1. The smallest absolute Gasteiger partial charge is 0.339 e. The summed E-state index contributed by atoms with van der Waals surface area (Å²) in [5.74, 6) is 2.38. The number of anilines is 1.